The van der Waals surface area contributed by atoms with Crippen LogP contribution < -0.4 is 0 Å². The molecule has 0 spiro atoms. The highest BCUT2D eigenvalue weighted by Gasteiger charge is 2.19. The zero-order valence-electron chi connectivity index (χ0n) is 8.79. The first kappa shape index (κ1) is 9.93. The van der Waals surface area contributed by atoms with Crippen LogP contribution in [-0.4, -0.2) is 34.6 Å². The van der Waals surface area contributed by atoms with Gasteiger partial charge in [-0.05, 0) is 45.1 Å². The topological polar surface area (TPSA) is 24.0 Å². The number of aromatic amines is 1. The van der Waals surface area contributed by atoms with E-state index in [0.717, 1.165) is 22.9 Å². The van der Waals surface area contributed by atoms with Crippen LogP contribution in [0, 0.1) is 17.6 Å². The zero-order chi connectivity index (χ0) is 10.1. The molecule has 14 heavy (non-hydrogen) atoms. The molecule has 0 saturated carbocycles. The molecule has 1 aromatic rings. The molecular weight excluding hydrogens is 194 g/mol. The molecule has 2 heterocycles. The third-order valence-corrected chi connectivity index (χ3v) is 3.19. The van der Waals surface area contributed by atoms with Gasteiger partial charge in [0.25, 0.3) is 0 Å². The van der Waals surface area contributed by atoms with Crippen LogP contribution >= 0.6 is 12.2 Å². The van der Waals surface area contributed by atoms with E-state index in [1.807, 2.05) is 6.92 Å². The average molecular weight is 211 g/mol. The van der Waals surface area contributed by atoms with Crippen molar-refractivity contribution in [3.8, 4) is 0 Å². The lowest BCUT2D eigenvalue weighted by Crippen LogP contribution is -2.16. The van der Waals surface area contributed by atoms with Gasteiger partial charge in [0.15, 0.2) is 4.77 Å². The fourth-order valence-electron chi connectivity index (χ4n) is 2.15. The zero-order valence-corrected chi connectivity index (χ0v) is 9.60. The molecule has 3 nitrogen and oxygen atoms in total. The van der Waals surface area contributed by atoms with Crippen molar-refractivity contribution in [3.05, 3.63) is 16.7 Å². The van der Waals surface area contributed by atoms with Gasteiger partial charge in [0.05, 0.1) is 0 Å². The van der Waals surface area contributed by atoms with Gasteiger partial charge in [0.2, 0.25) is 0 Å². The Balaban J connectivity index is 2.04. The van der Waals surface area contributed by atoms with Gasteiger partial charge in [-0.2, -0.15) is 0 Å². The van der Waals surface area contributed by atoms with Crippen molar-refractivity contribution in [3.63, 3.8) is 0 Å². The van der Waals surface area contributed by atoms with Crippen molar-refractivity contribution in [1.29, 1.82) is 0 Å². The number of nitrogens with one attached hydrogen (secondary N) is 1. The molecule has 1 N–H and O–H groups in total. The molecule has 1 aromatic heterocycles. The van der Waals surface area contributed by atoms with Crippen LogP contribution in [0.5, 0.6) is 0 Å². The molecule has 1 fully saturated rings. The lowest BCUT2D eigenvalue weighted by molar-refractivity contribution is 0.377. The predicted octanol–water partition coefficient (Wildman–Crippen LogP) is 1.81. The van der Waals surface area contributed by atoms with Crippen molar-refractivity contribution in [2.24, 2.45) is 5.92 Å². The third-order valence-electron chi connectivity index (χ3n) is 2.86. The number of aryl methyl sites for hydroxylation is 1. The number of nitrogens with zero attached hydrogens (tertiary/aromatic N) is 2. The molecule has 0 aliphatic carbocycles. The SMILES string of the molecule is Cc1cn(CC2CCN(C)C2)c(=S)[nH]1. The summed E-state index contributed by atoms with van der Waals surface area (Å²) in [7, 11) is 2.18. The molecule has 0 radical (unpaired) electrons. The summed E-state index contributed by atoms with van der Waals surface area (Å²) in [4.78, 5) is 5.54. The number of likely N-dealkylation sites (tertiary alicyclic amines) is 1. The third kappa shape index (κ3) is 2.07. The normalized spacial score (nSPS) is 23.1. The molecule has 4 heteroatoms. The van der Waals surface area contributed by atoms with E-state index in [9.17, 15) is 0 Å². The molecule has 1 aliphatic rings. The van der Waals surface area contributed by atoms with Crippen LogP contribution in [0.2, 0.25) is 0 Å². The minimum atomic E-state index is 0.766. The van der Waals surface area contributed by atoms with E-state index in [1.165, 1.54) is 19.5 Å². The Kier molecular flexibility index (Phi) is 2.74. The highest BCUT2D eigenvalue weighted by molar-refractivity contribution is 7.71. The Morgan fingerprint density at radius 3 is 2.93 bits per heavy atom. The predicted molar refractivity (Wildman–Crippen MR) is 60.0 cm³/mol. The maximum atomic E-state index is 5.23. The molecule has 1 unspecified atom stereocenters. The number of hydrogen-bond donors (Lipinski definition) is 1. The van der Waals surface area contributed by atoms with Gasteiger partial charge in [-0.1, -0.05) is 0 Å². The number of H-pyrrole nitrogens is 1. The summed E-state index contributed by atoms with van der Waals surface area (Å²) in [5, 5.41) is 0. The van der Waals surface area contributed by atoms with E-state index in [2.05, 4.69) is 27.7 Å². The van der Waals surface area contributed by atoms with Crippen molar-refractivity contribution >= 4 is 12.2 Å². The lowest BCUT2D eigenvalue weighted by Gasteiger charge is -2.10. The quantitative estimate of drug-likeness (QED) is 0.754. The Morgan fingerprint density at radius 1 is 1.64 bits per heavy atom. The van der Waals surface area contributed by atoms with Crippen molar-refractivity contribution in [1.82, 2.24) is 14.5 Å². The Morgan fingerprint density at radius 2 is 2.43 bits per heavy atom. The minimum absolute atomic E-state index is 0.766. The first-order valence-corrected chi connectivity index (χ1v) is 5.50. The Labute approximate surface area is 89.7 Å². The van der Waals surface area contributed by atoms with Gasteiger partial charge in [0, 0.05) is 25.0 Å². The van der Waals surface area contributed by atoms with Crippen LogP contribution in [0.4, 0.5) is 0 Å². The van der Waals surface area contributed by atoms with E-state index >= 15 is 0 Å². The fourth-order valence-corrected chi connectivity index (χ4v) is 2.44. The second-order valence-electron chi connectivity index (χ2n) is 4.31. The number of hydrogen-bond acceptors (Lipinski definition) is 2. The number of imidazole rings is 1. The summed E-state index contributed by atoms with van der Waals surface area (Å²) >= 11 is 5.23. The summed E-state index contributed by atoms with van der Waals surface area (Å²) in [6.07, 6.45) is 3.41. The molecule has 78 valence electrons. The van der Waals surface area contributed by atoms with E-state index < -0.39 is 0 Å². The van der Waals surface area contributed by atoms with E-state index in [-0.39, 0.29) is 0 Å². The standard InChI is InChI=1S/C10H17N3S/c1-8-5-13(10(14)11-8)7-9-3-4-12(2)6-9/h5,9H,3-4,6-7H2,1-2H3,(H,11,14). The van der Waals surface area contributed by atoms with Crippen molar-refractivity contribution < 1.29 is 0 Å². The van der Waals surface area contributed by atoms with Gasteiger partial charge in [-0.25, -0.2) is 0 Å². The molecule has 1 atom stereocenters. The molecule has 0 bridgehead atoms. The molecule has 0 aromatic carbocycles. The fraction of sp³-hybridized carbons (Fsp3) is 0.700. The maximum absolute atomic E-state index is 5.23. The van der Waals surface area contributed by atoms with Crippen LogP contribution in [0.25, 0.3) is 0 Å². The number of rotatable bonds is 2. The maximum Gasteiger partial charge on any atom is 0.177 e. The molecule has 1 saturated heterocycles. The monoisotopic (exact) mass is 211 g/mol. The van der Waals surface area contributed by atoms with E-state index in [0.29, 0.717) is 0 Å². The minimum Gasteiger partial charge on any atom is -0.335 e. The summed E-state index contributed by atoms with van der Waals surface area (Å²) in [6, 6.07) is 0. The Bertz CT molecular complexity index is 366. The van der Waals surface area contributed by atoms with E-state index in [4.69, 9.17) is 12.2 Å². The van der Waals surface area contributed by atoms with E-state index in [1.54, 1.807) is 0 Å². The first-order valence-electron chi connectivity index (χ1n) is 5.10. The van der Waals surface area contributed by atoms with Crippen LogP contribution in [0.1, 0.15) is 12.1 Å². The first-order chi connectivity index (χ1) is 6.65. The summed E-state index contributed by atoms with van der Waals surface area (Å²) < 4.78 is 3.02. The largest absolute Gasteiger partial charge is 0.335 e. The number of aromatic nitrogens is 2. The van der Waals surface area contributed by atoms with Gasteiger partial charge in [0.1, 0.15) is 0 Å². The summed E-state index contributed by atoms with van der Waals surface area (Å²) in [6.45, 7) is 5.54. The summed E-state index contributed by atoms with van der Waals surface area (Å²) in [5.41, 5.74) is 1.15. The highest BCUT2D eigenvalue weighted by Crippen LogP contribution is 2.16. The Hall–Kier alpha value is -0.610. The van der Waals surface area contributed by atoms with Gasteiger partial charge in [-0.3, -0.25) is 0 Å². The summed E-state index contributed by atoms with van der Waals surface area (Å²) in [5.74, 6) is 0.766. The van der Waals surface area contributed by atoms with Crippen LogP contribution in [0.3, 0.4) is 0 Å². The van der Waals surface area contributed by atoms with Gasteiger partial charge >= 0.3 is 0 Å². The average Bonchev–Trinajstić information content (AvgIpc) is 2.61. The second kappa shape index (κ2) is 3.87. The highest BCUT2D eigenvalue weighted by atomic mass is 32.1. The lowest BCUT2D eigenvalue weighted by atomic mass is 10.1. The van der Waals surface area contributed by atoms with Crippen molar-refractivity contribution in [2.75, 3.05) is 20.1 Å². The molecular formula is C10H17N3S. The molecule has 1 aliphatic heterocycles. The van der Waals surface area contributed by atoms with Crippen LogP contribution in [-0.2, 0) is 6.54 Å². The second-order valence-corrected chi connectivity index (χ2v) is 4.70. The van der Waals surface area contributed by atoms with Crippen LogP contribution in [0.15, 0.2) is 6.20 Å². The molecule has 0 amide bonds. The van der Waals surface area contributed by atoms with Gasteiger partial charge in [-0.15, -0.1) is 0 Å². The van der Waals surface area contributed by atoms with Gasteiger partial charge < -0.3 is 14.5 Å². The smallest absolute Gasteiger partial charge is 0.177 e. The van der Waals surface area contributed by atoms with Crippen molar-refractivity contribution in [2.45, 2.75) is 19.9 Å². The molecule has 2 rings (SSSR count).